The third-order valence-corrected chi connectivity index (χ3v) is 4.41. The van der Waals surface area contributed by atoms with Gasteiger partial charge in [-0.05, 0) is 41.3 Å². The second kappa shape index (κ2) is 8.77. The van der Waals surface area contributed by atoms with Crippen molar-refractivity contribution in [1.29, 1.82) is 0 Å². The Labute approximate surface area is 162 Å². The molecule has 7 nitrogen and oxygen atoms in total. The quantitative estimate of drug-likeness (QED) is 0.473. The van der Waals surface area contributed by atoms with Crippen molar-refractivity contribution >= 4 is 10.8 Å². The average Bonchev–Trinajstić information content (AvgIpc) is 2.73. The smallest absolute Gasteiger partial charge is 0.256 e. The van der Waals surface area contributed by atoms with E-state index < -0.39 is 0 Å². The van der Waals surface area contributed by atoms with Gasteiger partial charge in [0.1, 0.15) is 12.5 Å². The van der Waals surface area contributed by atoms with Crippen LogP contribution in [0.4, 0.5) is 0 Å². The second-order valence-corrected chi connectivity index (χ2v) is 6.08. The molecule has 0 amide bonds. The summed E-state index contributed by atoms with van der Waals surface area (Å²) in [6, 6.07) is 11.0. The van der Waals surface area contributed by atoms with Crippen LogP contribution in [-0.4, -0.2) is 40.2 Å². The van der Waals surface area contributed by atoms with Crippen LogP contribution in [0.5, 0.6) is 17.2 Å². The van der Waals surface area contributed by atoms with Crippen LogP contribution < -0.4 is 19.8 Å². The Morgan fingerprint density at radius 1 is 0.893 bits per heavy atom. The SMILES string of the molecule is COCOCc1ccc(OC)cc1-c1cc2cc(OC)c(OC)cc2c(=O)[nH]1. The summed E-state index contributed by atoms with van der Waals surface area (Å²) in [5.41, 5.74) is 2.14. The number of rotatable bonds is 8. The van der Waals surface area contributed by atoms with E-state index in [1.165, 1.54) is 7.11 Å². The van der Waals surface area contributed by atoms with Gasteiger partial charge < -0.3 is 28.7 Å². The number of aromatic amines is 1. The van der Waals surface area contributed by atoms with E-state index in [0.717, 1.165) is 16.5 Å². The standard InChI is InChI=1S/C21H23NO6/c1-24-12-28-11-13-5-6-15(25-2)9-16(13)18-7-14-8-19(26-3)20(27-4)10-17(14)21(23)22-18/h5-10H,11-12H2,1-4H3,(H,22,23). The molecular formula is C21H23NO6. The maximum absolute atomic E-state index is 12.7. The fraction of sp³-hybridized carbons (Fsp3) is 0.286. The Kier molecular flexibility index (Phi) is 6.18. The highest BCUT2D eigenvalue weighted by molar-refractivity contribution is 5.88. The van der Waals surface area contributed by atoms with Gasteiger partial charge in [-0.25, -0.2) is 0 Å². The number of hydrogen-bond acceptors (Lipinski definition) is 6. The molecule has 0 saturated heterocycles. The molecule has 0 aliphatic heterocycles. The van der Waals surface area contributed by atoms with Crippen molar-refractivity contribution in [1.82, 2.24) is 4.98 Å². The Balaban J connectivity index is 2.16. The van der Waals surface area contributed by atoms with Crippen LogP contribution in [-0.2, 0) is 16.1 Å². The molecule has 0 atom stereocenters. The molecule has 0 bridgehead atoms. The summed E-state index contributed by atoms with van der Waals surface area (Å²) in [5.74, 6) is 1.74. The topological polar surface area (TPSA) is 79.0 Å². The van der Waals surface area contributed by atoms with Gasteiger partial charge >= 0.3 is 0 Å². The first kappa shape index (κ1) is 19.7. The van der Waals surface area contributed by atoms with Gasteiger partial charge in [0.05, 0.1) is 33.3 Å². The van der Waals surface area contributed by atoms with Crippen molar-refractivity contribution in [3.05, 3.63) is 52.3 Å². The average molecular weight is 385 g/mol. The number of aromatic nitrogens is 1. The molecule has 3 aromatic rings. The van der Waals surface area contributed by atoms with Crippen molar-refractivity contribution in [3.8, 4) is 28.5 Å². The first-order chi connectivity index (χ1) is 13.6. The number of H-pyrrole nitrogens is 1. The minimum Gasteiger partial charge on any atom is -0.497 e. The van der Waals surface area contributed by atoms with Crippen molar-refractivity contribution in [2.24, 2.45) is 0 Å². The van der Waals surface area contributed by atoms with Gasteiger partial charge in [0.25, 0.3) is 5.56 Å². The zero-order valence-corrected chi connectivity index (χ0v) is 16.3. The predicted molar refractivity (Wildman–Crippen MR) is 106 cm³/mol. The zero-order chi connectivity index (χ0) is 20.1. The molecule has 0 aliphatic rings. The molecule has 1 heterocycles. The summed E-state index contributed by atoms with van der Waals surface area (Å²) >= 11 is 0. The maximum atomic E-state index is 12.7. The van der Waals surface area contributed by atoms with Gasteiger partial charge in [0.15, 0.2) is 11.5 Å². The summed E-state index contributed by atoms with van der Waals surface area (Å²) in [7, 11) is 6.26. The number of benzene rings is 2. The van der Waals surface area contributed by atoms with Gasteiger partial charge in [0, 0.05) is 18.4 Å². The molecule has 3 rings (SSSR count). The molecule has 1 aromatic heterocycles. The highest BCUT2D eigenvalue weighted by Crippen LogP contribution is 2.33. The Bertz CT molecular complexity index is 1030. The van der Waals surface area contributed by atoms with Gasteiger partial charge in [-0.3, -0.25) is 4.79 Å². The van der Waals surface area contributed by atoms with Gasteiger partial charge in [0.2, 0.25) is 0 Å². The van der Waals surface area contributed by atoms with Crippen LogP contribution in [0.2, 0.25) is 0 Å². The van der Waals surface area contributed by atoms with E-state index in [1.54, 1.807) is 33.5 Å². The van der Waals surface area contributed by atoms with Gasteiger partial charge in [-0.1, -0.05) is 6.07 Å². The number of methoxy groups -OCH3 is 4. The molecule has 0 aliphatic carbocycles. The van der Waals surface area contributed by atoms with E-state index in [2.05, 4.69) is 4.98 Å². The fourth-order valence-corrected chi connectivity index (χ4v) is 3.03. The largest absolute Gasteiger partial charge is 0.497 e. The van der Waals surface area contributed by atoms with Crippen LogP contribution in [0.3, 0.4) is 0 Å². The molecule has 1 N–H and O–H groups in total. The van der Waals surface area contributed by atoms with Gasteiger partial charge in [-0.15, -0.1) is 0 Å². The van der Waals surface area contributed by atoms with E-state index in [0.29, 0.717) is 34.9 Å². The van der Waals surface area contributed by atoms with E-state index in [4.69, 9.17) is 23.7 Å². The normalized spacial score (nSPS) is 10.9. The molecule has 0 fully saturated rings. The number of fused-ring (bicyclic) bond motifs is 1. The lowest BCUT2D eigenvalue weighted by atomic mass is 10.0. The van der Waals surface area contributed by atoms with E-state index >= 15 is 0 Å². The molecule has 0 spiro atoms. The first-order valence-corrected chi connectivity index (χ1v) is 8.64. The van der Waals surface area contributed by atoms with Crippen LogP contribution in [0.1, 0.15) is 5.56 Å². The van der Waals surface area contributed by atoms with Crippen molar-refractivity contribution in [2.75, 3.05) is 35.2 Å². The summed E-state index contributed by atoms with van der Waals surface area (Å²) in [6.45, 7) is 0.510. The lowest BCUT2D eigenvalue weighted by molar-refractivity contribution is -0.0389. The summed E-state index contributed by atoms with van der Waals surface area (Å²) < 4.78 is 26.5. The fourth-order valence-electron chi connectivity index (χ4n) is 3.03. The highest BCUT2D eigenvalue weighted by atomic mass is 16.7. The molecule has 0 radical (unpaired) electrons. The Morgan fingerprint density at radius 3 is 2.32 bits per heavy atom. The third-order valence-electron chi connectivity index (χ3n) is 4.41. The number of nitrogens with one attached hydrogen (secondary N) is 1. The van der Waals surface area contributed by atoms with Crippen LogP contribution >= 0.6 is 0 Å². The second-order valence-electron chi connectivity index (χ2n) is 6.08. The minimum atomic E-state index is -0.222. The summed E-state index contributed by atoms with van der Waals surface area (Å²) in [4.78, 5) is 15.7. The lowest BCUT2D eigenvalue weighted by Crippen LogP contribution is -2.09. The highest BCUT2D eigenvalue weighted by Gasteiger charge is 2.13. The third kappa shape index (κ3) is 3.95. The van der Waals surface area contributed by atoms with Crippen LogP contribution in [0.25, 0.3) is 22.0 Å². The summed E-state index contributed by atoms with van der Waals surface area (Å²) in [6.07, 6.45) is 0. The Hall–Kier alpha value is -3.03. The van der Waals surface area contributed by atoms with E-state index in [-0.39, 0.29) is 12.4 Å². The molecule has 148 valence electrons. The predicted octanol–water partition coefficient (Wildman–Crippen LogP) is 3.34. The van der Waals surface area contributed by atoms with Crippen molar-refractivity contribution in [3.63, 3.8) is 0 Å². The molecule has 28 heavy (non-hydrogen) atoms. The summed E-state index contributed by atoms with van der Waals surface area (Å²) in [5, 5.41) is 1.25. The number of ether oxygens (including phenoxy) is 5. The lowest BCUT2D eigenvalue weighted by Gasteiger charge is -2.14. The number of hydrogen-bond donors (Lipinski definition) is 1. The number of pyridine rings is 1. The van der Waals surface area contributed by atoms with Gasteiger partial charge in [-0.2, -0.15) is 0 Å². The molecular weight excluding hydrogens is 362 g/mol. The van der Waals surface area contributed by atoms with E-state index in [1.807, 2.05) is 24.3 Å². The molecule has 2 aromatic carbocycles. The van der Waals surface area contributed by atoms with Crippen molar-refractivity contribution < 1.29 is 23.7 Å². The first-order valence-electron chi connectivity index (χ1n) is 8.64. The molecule has 0 saturated carbocycles. The molecule has 7 heteroatoms. The van der Waals surface area contributed by atoms with Crippen LogP contribution in [0.15, 0.2) is 41.2 Å². The van der Waals surface area contributed by atoms with Crippen molar-refractivity contribution in [2.45, 2.75) is 6.61 Å². The van der Waals surface area contributed by atoms with E-state index in [9.17, 15) is 4.79 Å². The monoisotopic (exact) mass is 385 g/mol. The molecule has 0 unspecified atom stereocenters. The van der Waals surface area contributed by atoms with Crippen LogP contribution in [0, 0.1) is 0 Å². The maximum Gasteiger partial charge on any atom is 0.256 e. The zero-order valence-electron chi connectivity index (χ0n) is 16.3. The Morgan fingerprint density at radius 2 is 1.64 bits per heavy atom. The minimum absolute atomic E-state index is 0.177.